The van der Waals surface area contributed by atoms with Crippen LogP contribution in [0.4, 0.5) is 5.13 Å². The van der Waals surface area contributed by atoms with Crippen LogP contribution in [0.2, 0.25) is 5.02 Å². The summed E-state index contributed by atoms with van der Waals surface area (Å²) in [5.41, 5.74) is 2.89. The zero-order valence-corrected chi connectivity index (χ0v) is 18.1. The van der Waals surface area contributed by atoms with Crippen molar-refractivity contribution in [1.29, 1.82) is 0 Å². The Morgan fingerprint density at radius 2 is 1.83 bits per heavy atom. The van der Waals surface area contributed by atoms with Gasteiger partial charge in [-0.2, -0.15) is 0 Å². The number of anilines is 1. The minimum Gasteiger partial charge on any atom is -0.450 e. The smallest absolute Gasteiger partial charge is 0.297 e. The summed E-state index contributed by atoms with van der Waals surface area (Å²) in [4.78, 5) is 34.2. The summed E-state index contributed by atoms with van der Waals surface area (Å²) in [5.74, 6) is -0.298. The van der Waals surface area contributed by atoms with E-state index in [1.165, 1.54) is 11.3 Å². The number of hydrogen-bond donors (Lipinski definition) is 0. The van der Waals surface area contributed by atoms with Gasteiger partial charge in [0.15, 0.2) is 10.6 Å². The van der Waals surface area contributed by atoms with Crippen LogP contribution in [0.25, 0.3) is 11.0 Å². The van der Waals surface area contributed by atoms with Gasteiger partial charge < -0.3 is 4.42 Å². The molecule has 150 valence electrons. The highest BCUT2D eigenvalue weighted by Gasteiger charge is 2.45. The van der Waals surface area contributed by atoms with Gasteiger partial charge in [-0.25, -0.2) is 4.98 Å². The van der Waals surface area contributed by atoms with E-state index in [0.717, 1.165) is 21.7 Å². The molecule has 1 aliphatic rings. The Hall–Kier alpha value is -2.96. The van der Waals surface area contributed by atoms with E-state index < -0.39 is 6.04 Å². The number of thiazole rings is 1. The number of rotatable bonds is 2. The predicted molar refractivity (Wildman–Crippen MR) is 119 cm³/mol. The zero-order chi connectivity index (χ0) is 21.2. The van der Waals surface area contributed by atoms with Crippen molar-refractivity contribution in [1.82, 2.24) is 4.98 Å². The molecule has 5 rings (SSSR count). The summed E-state index contributed by atoms with van der Waals surface area (Å²) >= 11 is 7.70. The summed E-state index contributed by atoms with van der Waals surface area (Å²) in [6, 6.07) is 12.2. The summed E-state index contributed by atoms with van der Waals surface area (Å²) in [7, 11) is 0. The molecule has 30 heavy (non-hydrogen) atoms. The molecular weight excluding hydrogens is 420 g/mol. The number of hydrogen-bond acceptors (Lipinski definition) is 5. The quantitative estimate of drug-likeness (QED) is 0.411. The molecule has 3 heterocycles. The maximum Gasteiger partial charge on any atom is 0.297 e. The molecular formula is C23H17ClN2O3S. The summed E-state index contributed by atoms with van der Waals surface area (Å²) < 4.78 is 6.00. The largest absolute Gasteiger partial charge is 0.450 e. The number of benzene rings is 2. The molecule has 1 amide bonds. The van der Waals surface area contributed by atoms with Crippen molar-refractivity contribution in [2.24, 2.45) is 0 Å². The van der Waals surface area contributed by atoms with Crippen LogP contribution >= 0.6 is 22.9 Å². The van der Waals surface area contributed by atoms with E-state index in [4.69, 9.17) is 16.0 Å². The number of carbonyl (C=O) groups excluding carboxylic acids is 1. The van der Waals surface area contributed by atoms with E-state index in [1.807, 2.05) is 51.1 Å². The lowest BCUT2D eigenvalue weighted by molar-refractivity contribution is 0.0971. The van der Waals surface area contributed by atoms with Crippen LogP contribution < -0.4 is 10.3 Å². The third kappa shape index (κ3) is 2.71. The van der Waals surface area contributed by atoms with Crippen molar-refractivity contribution >= 4 is 44.9 Å². The Kier molecular flexibility index (Phi) is 4.31. The highest BCUT2D eigenvalue weighted by molar-refractivity contribution is 7.15. The molecule has 1 aliphatic heterocycles. The van der Waals surface area contributed by atoms with Gasteiger partial charge in [-0.15, -0.1) is 11.3 Å². The second-order valence-electron chi connectivity index (χ2n) is 7.40. The van der Waals surface area contributed by atoms with Gasteiger partial charge in [0.2, 0.25) is 5.76 Å². The van der Waals surface area contributed by atoms with Gasteiger partial charge in [0.05, 0.1) is 22.7 Å². The Bertz CT molecular complexity index is 1370. The lowest BCUT2D eigenvalue weighted by atomic mass is 9.98. The third-order valence-corrected chi connectivity index (χ3v) is 6.97. The molecule has 0 spiro atoms. The van der Waals surface area contributed by atoms with Crippen molar-refractivity contribution in [3.05, 3.63) is 90.7 Å². The first kappa shape index (κ1) is 19.0. The van der Waals surface area contributed by atoms with Gasteiger partial charge in [0.25, 0.3) is 5.91 Å². The average molecular weight is 437 g/mol. The van der Waals surface area contributed by atoms with Crippen LogP contribution in [0.15, 0.2) is 51.7 Å². The first-order valence-electron chi connectivity index (χ1n) is 9.46. The fourth-order valence-corrected chi connectivity index (χ4v) is 4.90. The third-order valence-electron chi connectivity index (χ3n) is 5.49. The molecule has 0 radical (unpaired) electrons. The minimum atomic E-state index is -0.612. The van der Waals surface area contributed by atoms with Crippen molar-refractivity contribution in [2.45, 2.75) is 26.8 Å². The molecule has 7 heteroatoms. The van der Waals surface area contributed by atoms with E-state index in [9.17, 15) is 9.59 Å². The summed E-state index contributed by atoms with van der Waals surface area (Å²) in [6.45, 7) is 5.70. The van der Waals surface area contributed by atoms with Crippen LogP contribution in [0, 0.1) is 20.8 Å². The van der Waals surface area contributed by atoms with E-state index in [-0.39, 0.29) is 17.1 Å². The Morgan fingerprint density at radius 1 is 1.10 bits per heavy atom. The van der Waals surface area contributed by atoms with E-state index in [2.05, 4.69) is 4.98 Å². The Balaban J connectivity index is 1.84. The predicted octanol–water partition coefficient (Wildman–Crippen LogP) is 5.58. The topological polar surface area (TPSA) is 63.4 Å². The summed E-state index contributed by atoms with van der Waals surface area (Å²) in [5, 5.41) is 1.40. The normalized spacial score (nSPS) is 15.8. The van der Waals surface area contributed by atoms with Gasteiger partial charge in [-0.3, -0.25) is 14.5 Å². The Labute approximate surface area is 181 Å². The molecule has 1 unspecified atom stereocenters. The monoisotopic (exact) mass is 436 g/mol. The number of carbonyl (C=O) groups is 1. The van der Waals surface area contributed by atoms with Gasteiger partial charge in [0.1, 0.15) is 5.58 Å². The molecule has 0 saturated carbocycles. The van der Waals surface area contributed by atoms with Gasteiger partial charge >= 0.3 is 0 Å². The molecule has 0 aliphatic carbocycles. The van der Waals surface area contributed by atoms with E-state index in [0.29, 0.717) is 26.7 Å². The maximum atomic E-state index is 13.5. The SMILES string of the molecule is Cc1cc2oc3c(c(=O)c2cc1Cl)C(c1ccccc1)N(c1nc(C)c(C)s1)C3=O. The number of halogens is 1. The highest BCUT2D eigenvalue weighted by Crippen LogP contribution is 2.43. The fourth-order valence-electron chi connectivity index (χ4n) is 3.80. The second-order valence-corrected chi connectivity index (χ2v) is 8.99. The van der Waals surface area contributed by atoms with Crippen LogP contribution in [0.5, 0.6) is 0 Å². The molecule has 0 saturated heterocycles. The van der Waals surface area contributed by atoms with Crippen molar-refractivity contribution in [3.8, 4) is 0 Å². The minimum absolute atomic E-state index is 0.0635. The molecule has 0 fully saturated rings. The standard InChI is InChI=1S/C23H17ClN2O3S/c1-11-9-17-15(10-16(11)24)20(27)18-19(14-7-5-4-6-8-14)26(22(28)21(18)29-17)23-25-12(2)13(3)30-23/h4-10,19H,1-3H3. The first-order valence-corrected chi connectivity index (χ1v) is 10.7. The number of aromatic nitrogens is 1. The molecule has 2 aromatic heterocycles. The number of amides is 1. The molecule has 1 atom stereocenters. The van der Waals surface area contributed by atoms with Crippen molar-refractivity contribution in [3.63, 3.8) is 0 Å². The lowest BCUT2D eigenvalue weighted by Crippen LogP contribution is -2.29. The second kappa shape index (κ2) is 6.79. The molecule has 4 aromatic rings. The van der Waals surface area contributed by atoms with Crippen LogP contribution in [0.3, 0.4) is 0 Å². The highest BCUT2D eigenvalue weighted by atomic mass is 35.5. The number of nitrogens with zero attached hydrogens (tertiary/aromatic N) is 2. The van der Waals surface area contributed by atoms with Gasteiger partial charge in [-0.05, 0) is 44.0 Å². The molecule has 0 N–H and O–H groups in total. The number of fused-ring (bicyclic) bond motifs is 2. The molecule has 0 bridgehead atoms. The van der Waals surface area contributed by atoms with Crippen LogP contribution in [0.1, 0.15) is 43.9 Å². The van der Waals surface area contributed by atoms with Gasteiger partial charge in [0, 0.05) is 9.90 Å². The van der Waals surface area contributed by atoms with E-state index in [1.54, 1.807) is 17.0 Å². The Morgan fingerprint density at radius 3 is 2.50 bits per heavy atom. The first-order chi connectivity index (χ1) is 14.4. The van der Waals surface area contributed by atoms with Crippen LogP contribution in [-0.4, -0.2) is 10.9 Å². The summed E-state index contributed by atoms with van der Waals surface area (Å²) in [6.07, 6.45) is 0. The van der Waals surface area contributed by atoms with E-state index >= 15 is 0 Å². The van der Waals surface area contributed by atoms with Gasteiger partial charge in [-0.1, -0.05) is 41.9 Å². The maximum absolute atomic E-state index is 13.5. The van der Waals surface area contributed by atoms with Crippen molar-refractivity contribution < 1.29 is 9.21 Å². The van der Waals surface area contributed by atoms with Crippen molar-refractivity contribution in [2.75, 3.05) is 4.90 Å². The zero-order valence-electron chi connectivity index (χ0n) is 16.5. The lowest BCUT2D eigenvalue weighted by Gasteiger charge is -2.22. The molecule has 2 aromatic carbocycles. The average Bonchev–Trinajstić information content (AvgIpc) is 3.21. The molecule has 5 nitrogen and oxygen atoms in total. The fraction of sp³-hybridized carbons (Fsp3) is 0.174. The number of aryl methyl sites for hydroxylation is 3. The van der Waals surface area contributed by atoms with Crippen LogP contribution in [-0.2, 0) is 0 Å².